The summed E-state index contributed by atoms with van der Waals surface area (Å²) in [6, 6.07) is 9.64. The SMILES string of the molecule is NCc1c(-c2ccc(F)cc2Cl)ncn1Cc1cccc(Cl)c1Cl. The fourth-order valence-corrected chi connectivity index (χ4v) is 3.16. The topological polar surface area (TPSA) is 43.8 Å². The molecule has 3 aromatic rings. The molecular formula is C17H13Cl3FN3. The summed E-state index contributed by atoms with van der Waals surface area (Å²) >= 11 is 18.4. The predicted molar refractivity (Wildman–Crippen MR) is 96.1 cm³/mol. The normalized spacial score (nSPS) is 11.0. The zero-order valence-corrected chi connectivity index (χ0v) is 14.7. The van der Waals surface area contributed by atoms with Crippen molar-refractivity contribution in [2.45, 2.75) is 13.1 Å². The maximum absolute atomic E-state index is 13.3. The highest BCUT2D eigenvalue weighted by atomic mass is 35.5. The summed E-state index contributed by atoms with van der Waals surface area (Å²) in [6.07, 6.45) is 1.66. The Balaban J connectivity index is 2.02. The zero-order valence-electron chi connectivity index (χ0n) is 12.4. The van der Waals surface area contributed by atoms with Gasteiger partial charge in [-0.15, -0.1) is 0 Å². The standard InChI is InChI=1S/C17H13Cl3FN3/c18-13-3-1-2-10(16(13)20)8-24-9-23-17(15(24)7-22)12-5-4-11(21)6-14(12)19/h1-6,9H,7-8,22H2. The predicted octanol–water partition coefficient (Wildman–Crippen LogP) is 5.16. The Morgan fingerprint density at radius 3 is 2.58 bits per heavy atom. The Kier molecular flexibility index (Phi) is 5.11. The van der Waals surface area contributed by atoms with Crippen LogP contribution in [0, 0.1) is 5.82 Å². The van der Waals surface area contributed by atoms with Gasteiger partial charge in [-0.3, -0.25) is 0 Å². The van der Waals surface area contributed by atoms with Gasteiger partial charge in [-0.05, 0) is 29.8 Å². The van der Waals surface area contributed by atoms with Crippen molar-refractivity contribution in [2.24, 2.45) is 5.73 Å². The number of imidazole rings is 1. The van der Waals surface area contributed by atoms with Gasteiger partial charge in [-0.25, -0.2) is 9.37 Å². The number of rotatable bonds is 4. The zero-order chi connectivity index (χ0) is 17.3. The molecule has 0 radical (unpaired) electrons. The molecule has 0 aliphatic carbocycles. The van der Waals surface area contributed by atoms with Crippen molar-refractivity contribution in [3.05, 3.63) is 74.9 Å². The molecule has 0 aliphatic rings. The van der Waals surface area contributed by atoms with Gasteiger partial charge < -0.3 is 10.3 Å². The number of halogens is 4. The van der Waals surface area contributed by atoms with Crippen molar-refractivity contribution in [3.63, 3.8) is 0 Å². The van der Waals surface area contributed by atoms with Gasteiger partial charge in [0.1, 0.15) is 5.82 Å². The van der Waals surface area contributed by atoms with Crippen LogP contribution in [0.2, 0.25) is 15.1 Å². The van der Waals surface area contributed by atoms with Crippen LogP contribution in [0.3, 0.4) is 0 Å². The van der Waals surface area contributed by atoms with Crippen LogP contribution in [0.5, 0.6) is 0 Å². The van der Waals surface area contributed by atoms with E-state index in [2.05, 4.69) is 4.98 Å². The first kappa shape index (κ1) is 17.2. The van der Waals surface area contributed by atoms with E-state index in [1.807, 2.05) is 16.7 Å². The van der Waals surface area contributed by atoms with Crippen molar-refractivity contribution in [1.29, 1.82) is 0 Å². The van der Waals surface area contributed by atoms with E-state index in [1.165, 1.54) is 12.1 Å². The Morgan fingerprint density at radius 1 is 1.08 bits per heavy atom. The third-order valence-electron chi connectivity index (χ3n) is 3.70. The van der Waals surface area contributed by atoms with Gasteiger partial charge in [0, 0.05) is 12.1 Å². The number of aromatic nitrogens is 2. The van der Waals surface area contributed by atoms with E-state index in [4.69, 9.17) is 40.5 Å². The fraction of sp³-hybridized carbons (Fsp3) is 0.118. The second kappa shape index (κ2) is 7.11. The lowest BCUT2D eigenvalue weighted by Crippen LogP contribution is -2.09. The minimum atomic E-state index is -0.400. The Bertz CT molecular complexity index is 893. The first-order chi connectivity index (χ1) is 11.5. The van der Waals surface area contributed by atoms with Crippen LogP contribution in [0.4, 0.5) is 4.39 Å². The van der Waals surface area contributed by atoms with Gasteiger partial charge >= 0.3 is 0 Å². The van der Waals surface area contributed by atoms with E-state index >= 15 is 0 Å². The van der Waals surface area contributed by atoms with Crippen LogP contribution in [0.25, 0.3) is 11.3 Å². The molecule has 0 unspecified atom stereocenters. The van der Waals surface area contributed by atoms with Crippen molar-refractivity contribution < 1.29 is 4.39 Å². The van der Waals surface area contributed by atoms with E-state index in [1.54, 1.807) is 18.5 Å². The van der Waals surface area contributed by atoms with E-state index in [0.29, 0.717) is 27.8 Å². The summed E-state index contributed by atoms with van der Waals surface area (Å²) in [6.45, 7) is 0.721. The molecule has 0 amide bonds. The smallest absolute Gasteiger partial charge is 0.124 e. The molecule has 2 aromatic carbocycles. The second-order valence-electron chi connectivity index (χ2n) is 5.21. The fourth-order valence-electron chi connectivity index (χ4n) is 2.52. The Labute approximate surface area is 153 Å². The summed E-state index contributed by atoms with van der Waals surface area (Å²) in [7, 11) is 0. The molecule has 0 saturated heterocycles. The van der Waals surface area contributed by atoms with E-state index < -0.39 is 5.82 Å². The molecule has 0 bridgehead atoms. The average molecular weight is 385 g/mol. The van der Waals surface area contributed by atoms with Gasteiger partial charge in [-0.1, -0.05) is 46.9 Å². The average Bonchev–Trinajstić information content (AvgIpc) is 2.94. The molecule has 0 saturated carbocycles. The lowest BCUT2D eigenvalue weighted by molar-refractivity contribution is 0.628. The van der Waals surface area contributed by atoms with Crippen molar-refractivity contribution in [2.75, 3.05) is 0 Å². The number of nitrogens with two attached hydrogens (primary N) is 1. The summed E-state index contributed by atoms with van der Waals surface area (Å²) in [5.41, 5.74) is 8.79. The maximum atomic E-state index is 13.3. The lowest BCUT2D eigenvalue weighted by Gasteiger charge is -2.11. The Hall–Kier alpha value is -1.59. The highest BCUT2D eigenvalue weighted by molar-refractivity contribution is 6.42. The molecular weight excluding hydrogens is 372 g/mol. The minimum Gasteiger partial charge on any atom is -0.328 e. The van der Waals surface area contributed by atoms with Gasteiger partial charge in [0.25, 0.3) is 0 Å². The molecule has 0 aliphatic heterocycles. The van der Waals surface area contributed by atoms with E-state index in [0.717, 1.165) is 11.3 Å². The van der Waals surface area contributed by atoms with Crippen molar-refractivity contribution in [1.82, 2.24) is 9.55 Å². The molecule has 7 heteroatoms. The first-order valence-corrected chi connectivity index (χ1v) is 8.27. The van der Waals surface area contributed by atoms with Crippen LogP contribution >= 0.6 is 34.8 Å². The number of nitrogens with zero attached hydrogens (tertiary/aromatic N) is 2. The van der Waals surface area contributed by atoms with Gasteiger partial charge in [0.15, 0.2) is 0 Å². The first-order valence-electron chi connectivity index (χ1n) is 7.13. The van der Waals surface area contributed by atoms with Crippen LogP contribution in [0.15, 0.2) is 42.7 Å². The highest BCUT2D eigenvalue weighted by Gasteiger charge is 2.16. The van der Waals surface area contributed by atoms with Crippen molar-refractivity contribution in [3.8, 4) is 11.3 Å². The molecule has 24 heavy (non-hydrogen) atoms. The molecule has 1 aromatic heterocycles. The Morgan fingerprint density at radius 2 is 1.88 bits per heavy atom. The summed E-state index contributed by atoms with van der Waals surface area (Å²) in [5.74, 6) is -0.400. The maximum Gasteiger partial charge on any atom is 0.124 e. The van der Waals surface area contributed by atoms with E-state index in [9.17, 15) is 4.39 Å². The van der Waals surface area contributed by atoms with Gasteiger partial charge in [0.2, 0.25) is 0 Å². The van der Waals surface area contributed by atoms with Crippen LogP contribution in [-0.2, 0) is 13.1 Å². The van der Waals surface area contributed by atoms with Gasteiger partial charge in [-0.2, -0.15) is 0 Å². The summed E-state index contributed by atoms with van der Waals surface area (Å²) < 4.78 is 15.1. The quantitative estimate of drug-likeness (QED) is 0.675. The van der Waals surface area contributed by atoms with Crippen LogP contribution in [0.1, 0.15) is 11.3 Å². The molecule has 2 N–H and O–H groups in total. The summed E-state index contributed by atoms with van der Waals surface area (Å²) in [4.78, 5) is 4.40. The number of hydrogen-bond donors (Lipinski definition) is 1. The van der Waals surface area contributed by atoms with Crippen LogP contribution < -0.4 is 5.73 Å². The summed E-state index contributed by atoms with van der Waals surface area (Å²) in [5, 5.41) is 1.28. The van der Waals surface area contributed by atoms with Crippen LogP contribution in [-0.4, -0.2) is 9.55 Å². The molecule has 1 heterocycles. The molecule has 3 rings (SSSR count). The number of benzene rings is 2. The molecule has 3 nitrogen and oxygen atoms in total. The minimum absolute atomic E-state index is 0.251. The second-order valence-corrected chi connectivity index (χ2v) is 6.40. The number of hydrogen-bond acceptors (Lipinski definition) is 2. The molecule has 0 spiro atoms. The van der Waals surface area contributed by atoms with E-state index in [-0.39, 0.29) is 11.6 Å². The van der Waals surface area contributed by atoms with Crippen molar-refractivity contribution >= 4 is 34.8 Å². The third-order valence-corrected chi connectivity index (χ3v) is 4.87. The monoisotopic (exact) mass is 383 g/mol. The largest absolute Gasteiger partial charge is 0.328 e. The molecule has 124 valence electrons. The molecule has 0 atom stereocenters. The third kappa shape index (κ3) is 3.28. The molecule has 0 fully saturated rings. The van der Waals surface area contributed by atoms with Gasteiger partial charge in [0.05, 0.1) is 39.3 Å². The lowest BCUT2D eigenvalue weighted by atomic mass is 10.1. The highest BCUT2D eigenvalue weighted by Crippen LogP contribution is 2.31.